The molecule has 3 aromatic rings. The van der Waals surface area contributed by atoms with Crippen molar-refractivity contribution in [1.82, 2.24) is 9.55 Å². The quantitative estimate of drug-likeness (QED) is 0.597. The molecule has 150 valence electrons. The van der Waals surface area contributed by atoms with Gasteiger partial charge >= 0.3 is 5.97 Å². The lowest BCUT2D eigenvalue weighted by Gasteiger charge is -2.11. The number of carboxylic acids is 1. The summed E-state index contributed by atoms with van der Waals surface area (Å²) >= 11 is 3.14. The summed E-state index contributed by atoms with van der Waals surface area (Å²) in [4.78, 5) is 27.7. The molecular weight excluding hydrogens is 450 g/mol. The van der Waals surface area contributed by atoms with Gasteiger partial charge in [0, 0.05) is 11.6 Å². The van der Waals surface area contributed by atoms with E-state index in [1.807, 2.05) is 0 Å². The number of halogens is 3. The maximum atomic E-state index is 13.7. The molecule has 0 saturated heterocycles. The highest BCUT2D eigenvalue weighted by molar-refractivity contribution is 9.10. The molecule has 0 aliphatic carbocycles. The van der Waals surface area contributed by atoms with E-state index in [2.05, 4.69) is 20.9 Å². The summed E-state index contributed by atoms with van der Waals surface area (Å²) in [6.45, 7) is 1.63. The predicted molar refractivity (Wildman–Crippen MR) is 104 cm³/mol. The Morgan fingerprint density at radius 2 is 2.00 bits per heavy atom. The Bertz CT molecular complexity index is 1150. The minimum atomic E-state index is -1.02. The van der Waals surface area contributed by atoms with Gasteiger partial charge in [-0.1, -0.05) is 12.1 Å². The van der Waals surface area contributed by atoms with Crippen LogP contribution in [0.3, 0.4) is 0 Å². The molecule has 0 aliphatic heterocycles. The average molecular weight is 465 g/mol. The number of ether oxygens (including phenoxy) is 1. The molecule has 9 heteroatoms. The SMILES string of the molecule is Cc1cc(Cn2cnc(OCc3ccc(F)cc3F)c(Br)c2=O)ccc1C(=O)O. The van der Waals surface area contributed by atoms with Crippen molar-refractivity contribution >= 4 is 21.9 Å². The zero-order valence-electron chi connectivity index (χ0n) is 15.2. The maximum Gasteiger partial charge on any atom is 0.335 e. The average Bonchev–Trinajstić information content (AvgIpc) is 2.66. The van der Waals surface area contributed by atoms with E-state index in [-0.39, 0.29) is 34.6 Å². The van der Waals surface area contributed by atoms with Crippen molar-refractivity contribution in [3.8, 4) is 5.88 Å². The minimum absolute atomic E-state index is 0.0209. The second kappa shape index (κ2) is 8.52. The lowest BCUT2D eigenvalue weighted by molar-refractivity contribution is 0.0696. The van der Waals surface area contributed by atoms with Gasteiger partial charge in [0.25, 0.3) is 5.56 Å². The number of carboxylic acid groups (broad SMARTS) is 1. The van der Waals surface area contributed by atoms with Crippen LogP contribution in [0.4, 0.5) is 8.78 Å². The van der Waals surface area contributed by atoms with Crippen LogP contribution in [-0.2, 0) is 13.2 Å². The van der Waals surface area contributed by atoms with Gasteiger partial charge in [-0.3, -0.25) is 9.36 Å². The molecule has 29 heavy (non-hydrogen) atoms. The van der Waals surface area contributed by atoms with Gasteiger partial charge in [-0.25, -0.2) is 18.6 Å². The summed E-state index contributed by atoms with van der Waals surface area (Å²) in [7, 11) is 0. The predicted octanol–water partition coefficient (Wildman–Crippen LogP) is 3.92. The molecule has 0 atom stereocenters. The van der Waals surface area contributed by atoms with Gasteiger partial charge in [-0.2, -0.15) is 0 Å². The third kappa shape index (κ3) is 4.68. The highest BCUT2D eigenvalue weighted by Crippen LogP contribution is 2.20. The summed E-state index contributed by atoms with van der Waals surface area (Å²) in [6.07, 6.45) is 1.28. The Kier molecular flexibility index (Phi) is 6.07. The number of nitrogens with zero attached hydrogens (tertiary/aromatic N) is 2. The van der Waals surface area contributed by atoms with Crippen molar-refractivity contribution in [2.75, 3.05) is 0 Å². The number of aromatic nitrogens is 2. The molecule has 3 rings (SSSR count). The van der Waals surface area contributed by atoms with Crippen LogP contribution in [0.1, 0.15) is 27.0 Å². The van der Waals surface area contributed by atoms with Gasteiger partial charge in [0.2, 0.25) is 5.88 Å². The molecule has 0 aliphatic rings. The molecular formula is C20H15BrF2N2O4. The maximum absolute atomic E-state index is 13.7. The zero-order valence-corrected chi connectivity index (χ0v) is 16.7. The van der Waals surface area contributed by atoms with Crippen LogP contribution in [0, 0.1) is 18.6 Å². The lowest BCUT2D eigenvalue weighted by Crippen LogP contribution is -2.22. The lowest BCUT2D eigenvalue weighted by atomic mass is 10.1. The second-order valence-corrected chi connectivity index (χ2v) is 7.07. The normalized spacial score (nSPS) is 10.8. The Hall–Kier alpha value is -3.07. The number of carbonyl (C=O) groups is 1. The molecule has 1 N–H and O–H groups in total. The first-order valence-electron chi connectivity index (χ1n) is 8.40. The van der Waals surface area contributed by atoms with Crippen LogP contribution in [0.15, 0.2) is 52.0 Å². The first-order chi connectivity index (χ1) is 13.8. The van der Waals surface area contributed by atoms with E-state index >= 15 is 0 Å². The summed E-state index contributed by atoms with van der Waals surface area (Å²) in [5.41, 5.74) is 1.20. The third-order valence-corrected chi connectivity index (χ3v) is 4.88. The number of aryl methyl sites for hydroxylation is 1. The fourth-order valence-corrected chi connectivity index (χ4v) is 3.15. The summed E-state index contributed by atoms with van der Waals surface area (Å²) < 4.78 is 33.4. The molecule has 0 amide bonds. The van der Waals surface area contributed by atoms with Crippen molar-refractivity contribution in [3.63, 3.8) is 0 Å². The van der Waals surface area contributed by atoms with Crippen LogP contribution in [-0.4, -0.2) is 20.6 Å². The largest absolute Gasteiger partial charge is 0.478 e. The van der Waals surface area contributed by atoms with E-state index < -0.39 is 23.2 Å². The van der Waals surface area contributed by atoms with Crippen LogP contribution in [0.25, 0.3) is 0 Å². The van der Waals surface area contributed by atoms with E-state index in [9.17, 15) is 18.4 Å². The molecule has 0 fully saturated rings. The number of rotatable bonds is 6. The Balaban J connectivity index is 1.78. The number of benzene rings is 2. The van der Waals surface area contributed by atoms with Gasteiger partial charge < -0.3 is 9.84 Å². The fraction of sp³-hybridized carbons (Fsp3) is 0.150. The second-order valence-electron chi connectivity index (χ2n) is 6.28. The zero-order chi connectivity index (χ0) is 21.1. The topological polar surface area (TPSA) is 81.4 Å². The van der Waals surface area contributed by atoms with Gasteiger partial charge in [0.05, 0.1) is 12.1 Å². The number of aromatic carboxylic acids is 1. The van der Waals surface area contributed by atoms with E-state index in [0.717, 1.165) is 17.7 Å². The van der Waals surface area contributed by atoms with Gasteiger partial charge in [-0.15, -0.1) is 0 Å². The Morgan fingerprint density at radius 3 is 2.66 bits per heavy atom. The number of hydrogen-bond donors (Lipinski definition) is 1. The van der Waals surface area contributed by atoms with Crippen molar-refractivity contribution in [2.45, 2.75) is 20.1 Å². The highest BCUT2D eigenvalue weighted by atomic mass is 79.9. The molecule has 0 bridgehead atoms. The minimum Gasteiger partial charge on any atom is -0.478 e. The van der Waals surface area contributed by atoms with Gasteiger partial charge in [0.1, 0.15) is 29.0 Å². The van der Waals surface area contributed by atoms with Crippen molar-refractivity contribution < 1.29 is 23.4 Å². The molecule has 0 radical (unpaired) electrons. The van der Waals surface area contributed by atoms with E-state index in [1.165, 1.54) is 23.0 Å². The van der Waals surface area contributed by atoms with E-state index in [0.29, 0.717) is 5.56 Å². The standard InChI is InChI=1S/C20H15BrF2N2O4/c1-11-6-12(2-5-15(11)20(27)28)8-25-10-24-18(17(21)19(25)26)29-9-13-3-4-14(22)7-16(13)23/h2-7,10H,8-9H2,1H3,(H,27,28). The molecule has 1 aromatic heterocycles. The molecule has 2 aromatic carbocycles. The van der Waals surface area contributed by atoms with Crippen LogP contribution < -0.4 is 10.3 Å². The molecule has 0 saturated carbocycles. The van der Waals surface area contributed by atoms with Crippen molar-refractivity contribution in [3.05, 3.63) is 91.4 Å². The van der Waals surface area contributed by atoms with Gasteiger partial charge in [-0.05, 0) is 52.2 Å². The van der Waals surface area contributed by atoms with Crippen molar-refractivity contribution in [2.24, 2.45) is 0 Å². The first kappa shape index (κ1) is 20.7. The third-order valence-electron chi connectivity index (χ3n) is 4.20. The van der Waals surface area contributed by atoms with E-state index in [1.54, 1.807) is 19.1 Å². The van der Waals surface area contributed by atoms with Gasteiger partial charge in [0.15, 0.2) is 0 Å². The molecule has 1 heterocycles. The smallest absolute Gasteiger partial charge is 0.335 e. The van der Waals surface area contributed by atoms with E-state index in [4.69, 9.17) is 9.84 Å². The highest BCUT2D eigenvalue weighted by Gasteiger charge is 2.13. The molecule has 0 unspecified atom stereocenters. The Labute approximate surface area is 172 Å². The molecule has 6 nitrogen and oxygen atoms in total. The summed E-state index contributed by atoms with van der Waals surface area (Å²) in [6, 6.07) is 7.90. The summed E-state index contributed by atoms with van der Waals surface area (Å²) in [5, 5.41) is 9.09. The monoisotopic (exact) mass is 464 g/mol. The van der Waals surface area contributed by atoms with Crippen LogP contribution in [0.2, 0.25) is 0 Å². The fourth-order valence-electron chi connectivity index (χ4n) is 2.71. The van der Waals surface area contributed by atoms with Crippen LogP contribution >= 0.6 is 15.9 Å². The molecule has 0 spiro atoms. The van der Waals surface area contributed by atoms with Crippen LogP contribution in [0.5, 0.6) is 5.88 Å². The number of hydrogen-bond acceptors (Lipinski definition) is 4. The Morgan fingerprint density at radius 1 is 1.24 bits per heavy atom. The first-order valence-corrected chi connectivity index (χ1v) is 9.20. The summed E-state index contributed by atoms with van der Waals surface area (Å²) in [5.74, 6) is -2.49. The van der Waals surface area contributed by atoms with Crippen molar-refractivity contribution in [1.29, 1.82) is 0 Å².